The SMILES string of the molecule is NCC1CC(=O)N(c2ccc(-c3ccccc3)nc2)C1. The number of rotatable bonds is 3. The molecule has 0 spiro atoms. The first-order chi connectivity index (χ1) is 9.78. The number of amides is 1. The molecular formula is C16H17N3O. The molecule has 0 saturated carbocycles. The Hall–Kier alpha value is -2.20. The lowest BCUT2D eigenvalue weighted by Crippen LogP contribution is -2.25. The molecule has 4 heteroatoms. The van der Waals surface area contributed by atoms with Crippen LogP contribution in [0.5, 0.6) is 0 Å². The molecule has 4 nitrogen and oxygen atoms in total. The maximum Gasteiger partial charge on any atom is 0.227 e. The van der Waals surface area contributed by atoms with E-state index in [0.29, 0.717) is 19.5 Å². The van der Waals surface area contributed by atoms with Crippen LogP contribution in [0.1, 0.15) is 6.42 Å². The van der Waals surface area contributed by atoms with Crippen LogP contribution in [0.4, 0.5) is 5.69 Å². The summed E-state index contributed by atoms with van der Waals surface area (Å²) in [6, 6.07) is 13.9. The third-order valence-electron chi connectivity index (χ3n) is 3.67. The second-order valence-electron chi connectivity index (χ2n) is 5.08. The van der Waals surface area contributed by atoms with Gasteiger partial charge >= 0.3 is 0 Å². The maximum atomic E-state index is 11.9. The summed E-state index contributed by atoms with van der Waals surface area (Å²) in [5.41, 5.74) is 8.48. The third-order valence-corrected chi connectivity index (χ3v) is 3.67. The van der Waals surface area contributed by atoms with Gasteiger partial charge in [-0.15, -0.1) is 0 Å². The highest BCUT2D eigenvalue weighted by Crippen LogP contribution is 2.25. The second kappa shape index (κ2) is 5.43. The fourth-order valence-corrected chi connectivity index (χ4v) is 2.51. The predicted molar refractivity (Wildman–Crippen MR) is 79.2 cm³/mol. The Labute approximate surface area is 118 Å². The molecule has 1 amide bonds. The molecule has 1 aliphatic rings. The van der Waals surface area contributed by atoms with Crippen LogP contribution in [0.3, 0.4) is 0 Å². The highest BCUT2D eigenvalue weighted by atomic mass is 16.2. The molecule has 2 N–H and O–H groups in total. The van der Waals surface area contributed by atoms with E-state index in [2.05, 4.69) is 4.98 Å². The van der Waals surface area contributed by atoms with E-state index < -0.39 is 0 Å². The Bertz CT molecular complexity index is 595. The molecule has 2 heterocycles. The van der Waals surface area contributed by atoms with Crippen LogP contribution in [-0.4, -0.2) is 24.0 Å². The minimum atomic E-state index is 0.134. The molecule has 1 atom stereocenters. The minimum Gasteiger partial charge on any atom is -0.330 e. The molecule has 0 radical (unpaired) electrons. The van der Waals surface area contributed by atoms with E-state index in [4.69, 9.17) is 5.73 Å². The Morgan fingerprint density at radius 1 is 1.20 bits per heavy atom. The normalized spacial score (nSPS) is 18.6. The molecule has 102 valence electrons. The van der Waals surface area contributed by atoms with Gasteiger partial charge in [-0.2, -0.15) is 0 Å². The zero-order valence-corrected chi connectivity index (χ0v) is 11.2. The summed E-state index contributed by atoms with van der Waals surface area (Å²) in [7, 11) is 0. The number of hydrogen-bond donors (Lipinski definition) is 1. The van der Waals surface area contributed by atoms with Crippen molar-refractivity contribution in [1.82, 2.24) is 4.98 Å². The highest BCUT2D eigenvalue weighted by molar-refractivity contribution is 5.95. The number of carbonyl (C=O) groups is 1. The molecule has 0 aliphatic carbocycles. The summed E-state index contributed by atoms with van der Waals surface area (Å²) < 4.78 is 0. The van der Waals surface area contributed by atoms with Crippen molar-refractivity contribution in [2.45, 2.75) is 6.42 Å². The van der Waals surface area contributed by atoms with Gasteiger partial charge in [-0.05, 0) is 24.6 Å². The van der Waals surface area contributed by atoms with Gasteiger partial charge in [0.2, 0.25) is 5.91 Å². The number of benzene rings is 1. The number of pyridine rings is 1. The summed E-state index contributed by atoms with van der Waals surface area (Å²) in [6.45, 7) is 1.25. The van der Waals surface area contributed by atoms with E-state index in [1.165, 1.54) is 0 Å². The van der Waals surface area contributed by atoms with Crippen molar-refractivity contribution < 1.29 is 4.79 Å². The van der Waals surface area contributed by atoms with Crippen LogP contribution in [0, 0.1) is 5.92 Å². The van der Waals surface area contributed by atoms with Crippen molar-refractivity contribution in [2.75, 3.05) is 18.0 Å². The molecule has 1 aliphatic heterocycles. The van der Waals surface area contributed by atoms with Gasteiger partial charge in [-0.3, -0.25) is 9.78 Å². The number of aromatic nitrogens is 1. The highest BCUT2D eigenvalue weighted by Gasteiger charge is 2.29. The second-order valence-corrected chi connectivity index (χ2v) is 5.08. The number of hydrogen-bond acceptors (Lipinski definition) is 3. The Balaban J connectivity index is 1.82. The van der Waals surface area contributed by atoms with Gasteiger partial charge in [-0.25, -0.2) is 0 Å². The third kappa shape index (κ3) is 2.42. The molecule has 1 fully saturated rings. The van der Waals surface area contributed by atoms with Crippen LogP contribution in [0.2, 0.25) is 0 Å². The van der Waals surface area contributed by atoms with E-state index in [9.17, 15) is 4.79 Å². The molecule has 0 bridgehead atoms. The van der Waals surface area contributed by atoms with E-state index >= 15 is 0 Å². The number of carbonyl (C=O) groups excluding carboxylic acids is 1. The molecular weight excluding hydrogens is 250 g/mol. The van der Waals surface area contributed by atoms with Gasteiger partial charge in [0, 0.05) is 18.5 Å². The number of nitrogens with zero attached hydrogens (tertiary/aromatic N) is 2. The van der Waals surface area contributed by atoms with Gasteiger partial charge < -0.3 is 10.6 Å². The summed E-state index contributed by atoms with van der Waals surface area (Å²) in [5, 5.41) is 0. The summed E-state index contributed by atoms with van der Waals surface area (Å²) in [6.07, 6.45) is 2.30. The van der Waals surface area contributed by atoms with E-state index in [-0.39, 0.29) is 11.8 Å². The quantitative estimate of drug-likeness (QED) is 0.926. The van der Waals surface area contributed by atoms with Gasteiger partial charge in [0.15, 0.2) is 0 Å². The van der Waals surface area contributed by atoms with Crippen molar-refractivity contribution in [3.05, 3.63) is 48.7 Å². The lowest BCUT2D eigenvalue weighted by atomic mass is 10.1. The molecule has 1 aromatic carbocycles. The summed E-state index contributed by atoms with van der Waals surface area (Å²) in [4.78, 5) is 18.2. The van der Waals surface area contributed by atoms with Crippen LogP contribution in [0.25, 0.3) is 11.3 Å². The molecule has 1 aromatic heterocycles. The maximum absolute atomic E-state index is 11.9. The van der Waals surface area contributed by atoms with E-state index in [0.717, 1.165) is 16.9 Å². The van der Waals surface area contributed by atoms with Crippen molar-refractivity contribution in [3.63, 3.8) is 0 Å². The molecule has 3 rings (SSSR count). The minimum absolute atomic E-state index is 0.134. The molecule has 20 heavy (non-hydrogen) atoms. The lowest BCUT2D eigenvalue weighted by Gasteiger charge is -2.16. The molecule has 2 aromatic rings. The average molecular weight is 267 g/mol. The van der Waals surface area contributed by atoms with Gasteiger partial charge in [0.25, 0.3) is 0 Å². The van der Waals surface area contributed by atoms with Gasteiger partial charge in [0.1, 0.15) is 0 Å². The molecule has 1 unspecified atom stereocenters. The fraction of sp³-hybridized carbons (Fsp3) is 0.250. The number of anilines is 1. The zero-order valence-electron chi connectivity index (χ0n) is 11.2. The first-order valence-electron chi connectivity index (χ1n) is 6.80. The Kier molecular flexibility index (Phi) is 3.48. The standard InChI is InChI=1S/C16H17N3O/c17-9-12-8-16(20)19(11-12)14-6-7-15(18-10-14)13-4-2-1-3-5-13/h1-7,10,12H,8-9,11,17H2. The topological polar surface area (TPSA) is 59.2 Å². The van der Waals surface area contributed by atoms with Crippen LogP contribution in [-0.2, 0) is 4.79 Å². The summed E-state index contributed by atoms with van der Waals surface area (Å²) in [5.74, 6) is 0.394. The predicted octanol–water partition coefficient (Wildman–Crippen LogP) is 2.06. The smallest absolute Gasteiger partial charge is 0.227 e. The molecule has 1 saturated heterocycles. The van der Waals surface area contributed by atoms with E-state index in [1.54, 1.807) is 11.1 Å². The van der Waals surface area contributed by atoms with Crippen molar-refractivity contribution in [2.24, 2.45) is 11.7 Å². The van der Waals surface area contributed by atoms with Crippen LogP contribution < -0.4 is 10.6 Å². The van der Waals surface area contributed by atoms with Crippen molar-refractivity contribution in [1.29, 1.82) is 0 Å². The first kappa shape index (κ1) is 12.8. The monoisotopic (exact) mass is 267 g/mol. The van der Waals surface area contributed by atoms with Gasteiger partial charge in [0.05, 0.1) is 17.6 Å². The van der Waals surface area contributed by atoms with Gasteiger partial charge in [-0.1, -0.05) is 30.3 Å². The number of nitrogens with two attached hydrogens (primary N) is 1. The van der Waals surface area contributed by atoms with Crippen LogP contribution in [0.15, 0.2) is 48.7 Å². The fourth-order valence-electron chi connectivity index (χ4n) is 2.51. The van der Waals surface area contributed by atoms with Crippen molar-refractivity contribution in [3.8, 4) is 11.3 Å². The first-order valence-corrected chi connectivity index (χ1v) is 6.80. The Morgan fingerprint density at radius 3 is 2.60 bits per heavy atom. The lowest BCUT2D eigenvalue weighted by molar-refractivity contribution is -0.117. The largest absolute Gasteiger partial charge is 0.330 e. The van der Waals surface area contributed by atoms with Crippen molar-refractivity contribution >= 4 is 11.6 Å². The average Bonchev–Trinajstić information content (AvgIpc) is 2.89. The van der Waals surface area contributed by atoms with E-state index in [1.807, 2.05) is 42.5 Å². The Morgan fingerprint density at radius 2 is 2.00 bits per heavy atom. The zero-order chi connectivity index (χ0) is 13.9. The van der Waals surface area contributed by atoms with Crippen LogP contribution >= 0.6 is 0 Å². The summed E-state index contributed by atoms with van der Waals surface area (Å²) >= 11 is 0.